The molecule has 0 saturated heterocycles. The Balaban J connectivity index is 2.17. The first-order chi connectivity index (χ1) is 10.0. The van der Waals surface area contributed by atoms with E-state index in [1.807, 2.05) is 30.5 Å². The van der Waals surface area contributed by atoms with Crippen LogP contribution in [0.5, 0.6) is 0 Å². The molecule has 0 aliphatic carbocycles. The molecule has 0 radical (unpaired) electrons. The molecule has 0 saturated carbocycles. The van der Waals surface area contributed by atoms with Crippen LogP contribution in [0.25, 0.3) is 0 Å². The minimum absolute atomic E-state index is 0.361. The van der Waals surface area contributed by atoms with Gasteiger partial charge in [0.05, 0.1) is 0 Å². The number of benzene rings is 1. The van der Waals surface area contributed by atoms with Gasteiger partial charge in [0, 0.05) is 39.9 Å². The lowest BCUT2D eigenvalue weighted by molar-refractivity contribution is 0.524. The van der Waals surface area contributed by atoms with Crippen LogP contribution >= 0.6 is 27.5 Å². The molecule has 21 heavy (non-hydrogen) atoms. The molecule has 2 nitrogen and oxygen atoms in total. The molecule has 2 rings (SSSR count). The highest BCUT2D eigenvalue weighted by Gasteiger charge is 2.14. The fourth-order valence-corrected chi connectivity index (χ4v) is 2.66. The molecule has 1 aromatic heterocycles. The molecule has 112 valence electrons. The SMILES string of the molecule is CC(C)NCC(Cc1ccc(Br)cn1)c1cccc(Cl)c1. The zero-order chi connectivity index (χ0) is 15.2. The van der Waals surface area contributed by atoms with Gasteiger partial charge in [0.25, 0.3) is 0 Å². The van der Waals surface area contributed by atoms with E-state index in [2.05, 4.69) is 52.2 Å². The van der Waals surface area contributed by atoms with Gasteiger partial charge in [-0.3, -0.25) is 4.98 Å². The van der Waals surface area contributed by atoms with Crippen LogP contribution in [0.2, 0.25) is 5.02 Å². The summed E-state index contributed by atoms with van der Waals surface area (Å²) in [6.45, 7) is 5.23. The zero-order valence-electron chi connectivity index (χ0n) is 12.3. The molecule has 0 bridgehead atoms. The van der Waals surface area contributed by atoms with E-state index in [0.717, 1.165) is 28.2 Å². The van der Waals surface area contributed by atoms with Gasteiger partial charge >= 0.3 is 0 Å². The molecule has 2 aromatic rings. The summed E-state index contributed by atoms with van der Waals surface area (Å²) in [4.78, 5) is 4.49. The highest BCUT2D eigenvalue weighted by atomic mass is 79.9. The van der Waals surface area contributed by atoms with E-state index >= 15 is 0 Å². The first kappa shape index (κ1) is 16.5. The van der Waals surface area contributed by atoms with Gasteiger partial charge in [0.15, 0.2) is 0 Å². The molecule has 4 heteroatoms. The second-order valence-electron chi connectivity index (χ2n) is 5.49. The third-order valence-electron chi connectivity index (χ3n) is 3.34. The molecule has 1 aromatic carbocycles. The fourth-order valence-electron chi connectivity index (χ4n) is 2.23. The van der Waals surface area contributed by atoms with Crippen molar-refractivity contribution in [1.29, 1.82) is 0 Å². The minimum atomic E-state index is 0.361. The summed E-state index contributed by atoms with van der Waals surface area (Å²) in [5.74, 6) is 0.361. The summed E-state index contributed by atoms with van der Waals surface area (Å²) >= 11 is 9.56. The molecule has 0 fully saturated rings. The molecule has 1 unspecified atom stereocenters. The molecule has 1 heterocycles. The van der Waals surface area contributed by atoms with Gasteiger partial charge in [0.1, 0.15) is 0 Å². The summed E-state index contributed by atoms with van der Waals surface area (Å²) < 4.78 is 1.01. The molecule has 0 amide bonds. The van der Waals surface area contributed by atoms with E-state index in [1.54, 1.807) is 0 Å². The van der Waals surface area contributed by atoms with Crippen molar-refractivity contribution in [2.45, 2.75) is 32.2 Å². The van der Waals surface area contributed by atoms with E-state index in [0.29, 0.717) is 12.0 Å². The Kier molecular flexibility index (Phi) is 6.22. The highest BCUT2D eigenvalue weighted by Crippen LogP contribution is 2.23. The summed E-state index contributed by atoms with van der Waals surface area (Å²) in [5, 5.41) is 4.30. The second kappa shape index (κ2) is 7.92. The Bertz CT molecular complexity index is 569. The van der Waals surface area contributed by atoms with E-state index < -0.39 is 0 Å². The molecule has 0 aliphatic rings. The Labute approximate surface area is 140 Å². The topological polar surface area (TPSA) is 24.9 Å². The Hall–Kier alpha value is -0.900. The van der Waals surface area contributed by atoms with Gasteiger partial charge in [-0.15, -0.1) is 0 Å². The van der Waals surface area contributed by atoms with E-state index in [4.69, 9.17) is 11.6 Å². The average Bonchev–Trinajstić information content (AvgIpc) is 2.45. The molecular weight excluding hydrogens is 348 g/mol. The van der Waals surface area contributed by atoms with Crippen molar-refractivity contribution in [2.24, 2.45) is 0 Å². The molecular formula is C17H20BrClN2. The van der Waals surface area contributed by atoms with Gasteiger partial charge in [-0.05, 0) is 52.2 Å². The maximum Gasteiger partial charge on any atom is 0.0413 e. The van der Waals surface area contributed by atoms with Crippen LogP contribution in [-0.4, -0.2) is 17.6 Å². The fraction of sp³-hybridized carbons (Fsp3) is 0.353. The van der Waals surface area contributed by atoms with Crippen molar-refractivity contribution in [3.8, 4) is 0 Å². The standard InChI is InChI=1S/C17H20BrClN2/c1-12(2)20-10-14(13-4-3-5-16(19)8-13)9-17-7-6-15(18)11-21-17/h3-8,11-12,14,20H,9-10H2,1-2H3. The zero-order valence-corrected chi connectivity index (χ0v) is 14.7. The van der Waals surface area contributed by atoms with E-state index in [9.17, 15) is 0 Å². The summed E-state index contributed by atoms with van der Waals surface area (Å²) in [6, 6.07) is 12.7. The lowest BCUT2D eigenvalue weighted by Gasteiger charge is -2.20. The van der Waals surface area contributed by atoms with Crippen LogP contribution in [-0.2, 0) is 6.42 Å². The number of rotatable bonds is 6. The first-order valence-corrected chi connectivity index (χ1v) is 8.31. The second-order valence-corrected chi connectivity index (χ2v) is 6.84. The van der Waals surface area contributed by atoms with Crippen LogP contribution in [0.4, 0.5) is 0 Å². The largest absolute Gasteiger partial charge is 0.314 e. The van der Waals surface area contributed by atoms with Crippen molar-refractivity contribution >= 4 is 27.5 Å². The predicted molar refractivity (Wildman–Crippen MR) is 93.0 cm³/mol. The van der Waals surface area contributed by atoms with Crippen LogP contribution in [0.3, 0.4) is 0 Å². The maximum atomic E-state index is 6.13. The molecule has 0 spiro atoms. The van der Waals surface area contributed by atoms with Gasteiger partial charge < -0.3 is 5.32 Å². The number of nitrogens with zero attached hydrogens (tertiary/aromatic N) is 1. The Morgan fingerprint density at radius 2 is 2.05 bits per heavy atom. The summed E-state index contributed by atoms with van der Waals surface area (Å²) in [6.07, 6.45) is 2.74. The van der Waals surface area contributed by atoms with Crippen molar-refractivity contribution in [3.63, 3.8) is 0 Å². The van der Waals surface area contributed by atoms with Gasteiger partial charge in [-0.1, -0.05) is 37.6 Å². The predicted octanol–water partition coefficient (Wildman–Crippen LogP) is 4.82. The summed E-state index contributed by atoms with van der Waals surface area (Å²) in [7, 11) is 0. The lowest BCUT2D eigenvalue weighted by Crippen LogP contribution is -2.29. The first-order valence-electron chi connectivity index (χ1n) is 7.14. The van der Waals surface area contributed by atoms with Crippen molar-refractivity contribution < 1.29 is 0 Å². The van der Waals surface area contributed by atoms with Crippen molar-refractivity contribution in [1.82, 2.24) is 10.3 Å². The third-order valence-corrected chi connectivity index (χ3v) is 4.04. The maximum absolute atomic E-state index is 6.13. The number of halogens is 2. The minimum Gasteiger partial charge on any atom is -0.314 e. The lowest BCUT2D eigenvalue weighted by atomic mass is 9.93. The van der Waals surface area contributed by atoms with E-state index in [-0.39, 0.29) is 0 Å². The summed E-state index contributed by atoms with van der Waals surface area (Å²) in [5.41, 5.74) is 2.34. The van der Waals surface area contributed by atoms with Crippen molar-refractivity contribution in [3.05, 3.63) is 63.3 Å². The number of pyridine rings is 1. The Morgan fingerprint density at radius 3 is 2.67 bits per heavy atom. The molecule has 1 atom stereocenters. The quantitative estimate of drug-likeness (QED) is 0.791. The van der Waals surface area contributed by atoms with Crippen LogP contribution in [0.1, 0.15) is 31.0 Å². The monoisotopic (exact) mass is 366 g/mol. The van der Waals surface area contributed by atoms with Gasteiger partial charge in [0.2, 0.25) is 0 Å². The van der Waals surface area contributed by atoms with Crippen LogP contribution in [0, 0.1) is 0 Å². The van der Waals surface area contributed by atoms with E-state index in [1.165, 1.54) is 5.56 Å². The number of hydrogen-bond acceptors (Lipinski definition) is 2. The Morgan fingerprint density at radius 1 is 1.24 bits per heavy atom. The highest BCUT2D eigenvalue weighted by molar-refractivity contribution is 9.10. The van der Waals surface area contributed by atoms with Crippen molar-refractivity contribution in [2.75, 3.05) is 6.54 Å². The molecule has 1 N–H and O–H groups in total. The molecule has 0 aliphatic heterocycles. The number of nitrogens with one attached hydrogen (secondary N) is 1. The van der Waals surface area contributed by atoms with Gasteiger partial charge in [-0.2, -0.15) is 0 Å². The van der Waals surface area contributed by atoms with Crippen LogP contribution in [0.15, 0.2) is 47.1 Å². The number of aromatic nitrogens is 1. The average molecular weight is 368 g/mol. The normalized spacial score (nSPS) is 12.6. The smallest absolute Gasteiger partial charge is 0.0413 e. The number of hydrogen-bond donors (Lipinski definition) is 1. The third kappa shape index (κ3) is 5.42. The van der Waals surface area contributed by atoms with Crippen LogP contribution < -0.4 is 5.32 Å². The van der Waals surface area contributed by atoms with Gasteiger partial charge in [-0.25, -0.2) is 0 Å².